The van der Waals surface area contributed by atoms with Crippen molar-refractivity contribution in [2.24, 2.45) is 0 Å². The average Bonchev–Trinajstić information content (AvgIpc) is 2.28. The van der Waals surface area contributed by atoms with Gasteiger partial charge in [0.2, 0.25) is 0 Å². The first-order chi connectivity index (χ1) is 8.02. The number of rotatable bonds is 4. The molecular formula is C13H24N2O2. The van der Waals surface area contributed by atoms with E-state index in [0.29, 0.717) is 13.1 Å². The van der Waals surface area contributed by atoms with Gasteiger partial charge in [0.05, 0.1) is 6.10 Å². The number of nitrogens with one attached hydrogen (secondary N) is 1. The summed E-state index contributed by atoms with van der Waals surface area (Å²) in [5.41, 5.74) is 0.987. The van der Waals surface area contributed by atoms with E-state index in [2.05, 4.69) is 11.9 Å². The van der Waals surface area contributed by atoms with E-state index in [1.807, 2.05) is 13.8 Å². The maximum absolute atomic E-state index is 12.0. The predicted octanol–water partition coefficient (Wildman–Crippen LogP) is 1.90. The van der Waals surface area contributed by atoms with Crippen LogP contribution >= 0.6 is 0 Å². The summed E-state index contributed by atoms with van der Waals surface area (Å²) < 4.78 is 0. The zero-order valence-electron chi connectivity index (χ0n) is 10.9. The lowest BCUT2D eigenvalue weighted by molar-refractivity contribution is 0.115. The van der Waals surface area contributed by atoms with Crippen molar-refractivity contribution in [2.75, 3.05) is 13.1 Å². The van der Waals surface area contributed by atoms with E-state index in [9.17, 15) is 9.90 Å². The molecule has 0 bridgehead atoms. The van der Waals surface area contributed by atoms with E-state index in [1.165, 1.54) is 0 Å². The van der Waals surface area contributed by atoms with Crippen molar-refractivity contribution in [1.29, 1.82) is 0 Å². The van der Waals surface area contributed by atoms with Crippen LogP contribution < -0.4 is 5.32 Å². The van der Waals surface area contributed by atoms with Crippen LogP contribution in [0.5, 0.6) is 0 Å². The molecule has 0 atom stereocenters. The molecule has 1 aliphatic carbocycles. The van der Waals surface area contributed by atoms with Crippen LogP contribution in [-0.2, 0) is 0 Å². The van der Waals surface area contributed by atoms with Crippen LogP contribution in [-0.4, -0.2) is 41.3 Å². The van der Waals surface area contributed by atoms with Crippen molar-refractivity contribution < 1.29 is 9.90 Å². The third-order valence-corrected chi connectivity index (χ3v) is 3.15. The Morgan fingerprint density at radius 1 is 1.41 bits per heavy atom. The number of amides is 2. The molecule has 0 heterocycles. The maximum Gasteiger partial charge on any atom is 0.317 e. The van der Waals surface area contributed by atoms with Crippen LogP contribution in [0.25, 0.3) is 0 Å². The second kappa shape index (κ2) is 6.64. The van der Waals surface area contributed by atoms with Gasteiger partial charge in [-0.25, -0.2) is 4.79 Å². The molecule has 0 aromatic rings. The Bertz CT molecular complexity index is 271. The number of aliphatic hydroxyl groups is 1. The normalized spacial score (nSPS) is 24.2. The van der Waals surface area contributed by atoms with E-state index >= 15 is 0 Å². The Kier molecular flexibility index (Phi) is 5.48. The average molecular weight is 240 g/mol. The van der Waals surface area contributed by atoms with Crippen molar-refractivity contribution >= 4 is 6.03 Å². The molecule has 1 aliphatic rings. The summed E-state index contributed by atoms with van der Waals surface area (Å²) in [7, 11) is 0. The maximum atomic E-state index is 12.0. The lowest BCUT2D eigenvalue weighted by Gasteiger charge is -2.29. The molecule has 0 aromatic heterocycles. The molecule has 17 heavy (non-hydrogen) atoms. The minimum atomic E-state index is -0.180. The summed E-state index contributed by atoms with van der Waals surface area (Å²) in [6, 6.07) is 0.196. The molecule has 1 saturated carbocycles. The Morgan fingerprint density at radius 2 is 2.00 bits per heavy atom. The summed E-state index contributed by atoms with van der Waals surface area (Å²) in [5, 5.41) is 12.4. The van der Waals surface area contributed by atoms with Crippen molar-refractivity contribution in [1.82, 2.24) is 10.2 Å². The number of carbonyl (C=O) groups is 1. The van der Waals surface area contributed by atoms with E-state index in [4.69, 9.17) is 0 Å². The molecule has 0 aromatic carbocycles. The van der Waals surface area contributed by atoms with Crippen LogP contribution in [0.2, 0.25) is 0 Å². The Balaban J connectivity index is 2.38. The van der Waals surface area contributed by atoms with E-state index in [1.54, 1.807) is 4.90 Å². The fourth-order valence-electron chi connectivity index (χ4n) is 2.14. The molecule has 0 saturated heterocycles. The molecule has 2 amide bonds. The quantitative estimate of drug-likeness (QED) is 0.737. The van der Waals surface area contributed by atoms with Crippen molar-refractivity contribution in [3.05, 3.63) is 12.2 Å². The van der Waals surface area contributed by atoms with Gasteiger partial charge in [-0.05, 0) is 39.5 Å². The summed E-state index contributed by atoms with van der Waals surface area (Å²) in [6.45, 7) is 9.01. The fourth-order valence-corrected chi connectivity index (χ4v) is 2.14. The highest BCUT2D eigenvalue weighted by atomic mass is 16.3. The molecule has 0 aliphatic heterocycles. The van der Waals surface area contributed by atoms with Crippen LogP contribution in [0.3, 0.4) is 0 Å². The lowest BCUT2D eigenvalue weighted by atomic mass is 9.93. The van der Waals surface area contributed by atoms with Crippen LogP contribution in [0.15, 0.2) is 12.2 Å². The zero-order valence-corrected chi connectivity index (χ0v) is 10.9. The first-order valence-corrected chi connectivity index (χ1v) is 6.40. The monoisotopic (exact) mass is 240 g/mol. The van der Waals surface area contributed by atoms with Crippen LogP contribution in [0.1, 0.15) is 39.5 Å². The molecule has 1 rings (SSSR count). The Morgan fingerprint density at radius 3 is 2.47 bits per heavy atom. The lowest BCUT2D eigenvalue weighted by Crippen LogP contribution is -2.46. The zero-order chi connectivity index (χ0) is 12.8. The highest BCUT2D eigenvalue weighted by Crippen LogP contribution is 2.18. The molecule has 98 valence electrons. The van der Waals surface area contributed by atoms with Crippen molar-refractivity contribution in [3.8, 4) is 0 Å². The van der Waals surface area contributed by atoms with Crippen LogP contribution in [0, 0.1) is 0 Å². The number of likely N-dealkylation sites (N-methyl/N-ethyl adjacent to an activating group) is 1. The number of hydrogen-bond donors (Lipinski definition) is 2. The Labute approximate surface area is 104 Å². The summed E-state index contributed by atoms with van der Waals surface area (Å²) in [4.78, 5) is 13.7. The SMILES string of the molecule is C=C(C)CN(CC)C(=O)NC1CCC(O)CC1. The number of nitrogens with zero attached hydrogens (tertiary/aromatic N) is 1. The van der Waals surface area contributed by atoms with Gasteiger partial charge in [-0.15, -0.1) is 0 Å². The van der Waals surface area contributed by atoms with Crippen molar-refractivity contribution in [3.63, 3.8) is 0 Å². The smallest absolute Gasteiger partial charge is 0.317 e. The molecule has 0 radical (unpaired) electrons. The van der Waals surface area contributed by atoms with Gasteiger partial charge in [-0.2, -0.15) is 0 Å². The summed E-state index contributed by atoms with van der Waals surface area (Å²) >= 11 is 0. The third-order valence-electron chi connectivity index (χ3n) is 3.15. The number of carbonyl (C=O) groups excluding carboxylic acids is 1. The molecule has 2 N–H and O–H groups in total. The second-order valence-corrected chi connectivity index (χ2v) is 4.93. The molecule has 4 heteroatoms. The third kappa shape index (κ3) is 4.77. The van der Waals surface area contributed by atoms with Gasteiger partial charge in [0.15, 0.2) is 0 Å². The number of urea groups is 1. The summed E-state index contributed by atoms with van der Waals surface area (Å²) in [6.07, 6.45) is 3.14. The highest BCUT2D eigenvalue weighted by Gasteiger charge is 2.22. The standard InChI is InChI=1S/C13H24N2O2/c1-4-15(9-10(2)3)13(17)14-11-5-7-12(16)8-6-11/h11-12,16H,2,4-9H2,1,3H3,(H,14,17). The molecule has 4 nitrogen and oxygen atoms in total. The summed E-state index contributed by atoms with van der Waals surface area (Å²) in [5.74, 6) is 0. The first kappa shape index (κ1) is 14.0. The topological polar surface area (TPSA) is 52.6 Å². The highest BCUT2D eigenvalue weighted by molar-refractivity contribution is 5.74. The molecule has 1 fully saturated rings. The van der Waals surface area contributed by atoms with E-state index in [0.717, 1.165) is 31.3 Å². The predicted molar refractivity (Wildman–Crippen MR) is 68.9 cm³/mol. The molecule has 0 spiro atoms. The van der Waals surface area contributed by atoms with Gasteiger partial charge in [-0.3, -0.25) is 0 Å². The van der Waals surface area contributed by atoms with Crippen molar-refractivity contribution in [2.45, 2.75) is 51.7 Å². The Hall–Kier alpha value is -1.03. The minimum Gasteiger partial charge on any atom is -0.393 e. The van der Waals surface area contributed by atoms with Gasteiger partial charge in [0, 0.05) is 19.1 Å². The molecular weight excluding hydrogens is 216 g/mol. The fraction of sp³-hybridized carbons (Fsp3) is 0.769. The number of hydrogen-bond acceptors (Lipinski definition) is 2. The van der Waals surface area contributed by atoms with Gasteiger partial charge in [0.25, 0.3) is 0 Å². The van der Waals surface area contributed by atoms with Gasteiger partial charge < -0.3 is 15.3 Å². The van der Waals surface area contributed by atoms with E-state index in [-0.39, 0.29) is 18.2 Å². The van der Waals surface area contributed by atoms with E-state index < -0.39 is 0 Å². The molecule has 0 unspecified atom stereocenters. The second-order valence-electron chi connectivity index (χ2n) is 4.93. The number of aliphatic hydroxyl groups excluding tert-OH is 1. The largest absolute Gasteiger partial charge is 0.393 e. The minimum absolute atomic E-state index is 0.0168. The van der Waals surface area contributed by atoms with Gasteiger partial charge in [0.1, 0.15) is 0 Å². The first-order valence-electron chi connectivity index (χ1n) is 6.40. The van der Waals surface area contributed by atoms with Gasteiger partial charge >= 0.3 is 6.03 Å². The van der Waals surface area contributed by atoms with Crippen LogP contribution in [0.4, 0.5) is 4.79 Å². The van der Waals surface area contributed by atoms with Gasteiger partial charge in [-0.1, -0.05) is 12.2 Å².